The van der Waals surface area contributed by atoms with E-state index in [2.05, 4.69) is 20.3 Å². The molecule has 1 heterocycles. The highest BCUT2D eigenvalue weighted by Gasteiger charge is 2.11. The molecule has 0 saturated carbocycles. The summed E-state index contributed by atoms with van der Waals surface area (Å²) in [5.74, 6) is 0.926. The van der Waals surface area contributed by atoms with Gasteiger partial charge in [0.15, 0.2) is 0 Å². The lowest BCUT2D eigenvalue weighted by atomic mass is 10.3. The fraction of sp³-hybridized carbons (Fsp3) is 0.308. The largest absolute Gasteiger partial charge is 0.506 e. The fourth-order valence-electron chi connectivity index (χ4n) is 1.74. The number of nitrogens with one attached hydrogen (secondary N) is 1. The highest BCUT2D eigenvalue weighted by atomic mass is 35.5. The number of aromatic nitrogens is 3. The van der Waals surface area contributed by atoms with Crippen molar-refractivity contribution in [2.75, 3.05) is 23.3 Å². The van der Waals surface area contributed by atoms with E-state index in [-0.39, 0.29) is 11.0 Å². The molecule has 7 heteroatoms. The summed E-state index contributed by atoms with van der Waals surface area (Å²) < 4.78 is 0. The quantitative estimate of drug-likeness (QED) is 0.826. The maximum atomic E-state index is 9.73. The minimum Gasteiger partial charge on any atom is -0.506 e. The molecule has 1 aromatic heterocycles. The number of hydrogen-bond donors (Lipinski definition) is 2. The van der Waals surface area contributed by atoms with Gasteiger partial charge in [-0.3, -0.25) is 0 Å². The zero-order chi connectivity index (χ0) is 14.5. The molecule has 0 atom stereocenters. The molecule has 2 N–H and O–H groups in total. The lowest BCUT2D eigenvalue weighted by Crippen LogP contribution is -2.24. The number of rotatable bonds is 5. The lowest BCUT2D eigenvalue weighted by molar-refractivity contribution is 0.477. The number of phenols is 1. The Balaban J connectivity index is 2.31. The van der Waals surface area contributed by atoms with Crippen molar-refractivity contribution in [1.82, 2.24) is 15.0 Å². The van der Waals surface area contributed by atoms with Gasteiger partial charge in [0.05, 0.1) is 5.69 Å². The number of nitrogens with zero attached hydrogens (tertiary/aromatic N) is 4. The van der Waals surface area contributed by atoms with Crippen LogP contribution in [0.5, 0.6) is 5.75 Å². The second kappa shape index (κ2) is 6.38. The second-order valence-corrected chi connectivity index (χ2v) is 4.38. The van der Waals surface area contributed by atoms with E-state index in [0.717, 1.165) is 13.1 Å². The minimum absolute atomic E-state index is 0.111. The van der Waals surface area contributed by atoms with Crippen LogP contribution in [0.1, 0.15) is 13.8 Å². The van der Waals surface area contributed by atoms with Crippen LogP contribution in [0.15, 0.2) is 24.3 Å². The number of benzene rings is 1. The smallest absolute Gasteiger partial charge is 0.233 e. The van der Waals surface area contributed by atoms with Gasteiger partial charge in [0.2, 0.25) is 17.2 Å². The van der Waals surface area contributed by atoms with Crippen LogP contribution >= 0.6 is 11.6 Å². The summed E-state index contributed by atoms with van der Waals surface area (Å²) >= 11 is 5.92. The van der Waals surface area contributed by atoms with Crippen LogP contribution in [0.2, 0.25) is 5.28 Å². The number of hydrogen-bond acceptors (Lipinski definition) is 6. The van der Waals surface area contributed by atoms with Gasteiger partial charge in [-0.25, -0.2) is 0 Å². The number of anilines is 3. The molecule has 1 aromatic carbocycles. The Bertz CT molecular complexity index is 589. The van der Waals surface area contributed by atoms with Gasteiger partial charge in [-0.2, -0.15) is 15.0 Å². The van der Waals surface area contributed by atoms with Crippen LogP contribution in [0, 0.1) is 0 Å². The molecule has 0 saturated heterocycles. The van der Waals surface area contributed by atoms with E-state index in [1.165, 1.54) is 0 Å². The van der Waals surface area contributed by atoms with Gasteiger partial charge in [0.25, 0.3) is 0 Å². The molecule has 0 radical (unpaired) electrons. The standard InChI is InChI=1S/C13H16ClN5O/c1-3-19(4-2)13-17-11(14)16-12(18-13)15-9-7-5-6-8-10(9)20/h5-8,20H,3-4H2,1-2H3,(H,15,16,17,18). The van der Waals surface area contributed by atoms with Crippen LogP contribution in [-0.2, 0) is 0 Å². The Morgan fingerprint density at radius 2 is 1.85 bits per heavy atom. The lowest BCUT2D eigenvalue weighted by Gasteiger charge is -2.18. The third-order valence-electron chi connectivity index (χ3n) is 2.79. The number of halogens is 1. The van der Waals surface area contributed by atoms with E-state index < -0.39 is 0 Å². The van der Waals surface area contributed by atoms with Crippen molar-refractivity contribution in [2.24, 2.45) is 0 Å². The highest BCUT2D eigenvalue weighted by molar-refractivity contribution is 6.28. The van der Waals surface area contributed by atoms with Crippen molar-refractivity contribution in [3.05, 3.63) is 29.5 Å². The highest BCUT2D eigenvalue weighted by Crippen LogP contribution is 2.25. The SMILES string of the molecule is CCN(CC)c1nc(Cl)nc(Nc2ccccc2O)n1. The first-order valence-electron chi connectivity index (χ1n) is 6.35. The average molecular weight is 294 g/mol. The molecule has 0 aliphatic rings. The van der Waals surface area contributed by atoms with Crippen LogP contribution in [0.4, 0.5) is 17.6 Å². The predicted molar refractivity (Wildman–Crippen MR) is 79.8 cm³/mol. The molecule has 0 bridgehead atoms. The van der Waals surface area contributed by atoms with Gasteiger partial charge in [0, 0.05) is 13.1 Å². The molecule has 0 fully saturated rings. The molecule has 20 heavy (non-hydrogen) atoms. The molecular formula is C13H16ClN5O. The Morgan fingerprint density at radius 3 is 2.50 bits per heavy atom. The third-order valence-corrected chi connectivity index (χ3v) is 2.96. The predicted octanol–water partition coefficient (Wildman–Crippen LogP) is 2.82. The Kier molecular flexibility index (Phi) is 4.57. The fourth-order valence-corrected chi connectivity index (χ4v) is 1.90. The summed E-state index contributed by atoms with van der Waals surface area (Å²) in [6, 6.07) is 6.85. The van der Waals surface area contributed by atoms with Gasteiger partial charge >= 0.3 is 0 Å². The van der Waals surface area contributed by atoms with E-state index in [1.54, 1.807) is 24.3 Å². The first-order valence-corrected chi connectivity index (χ1v) is 6.73. The summed E-state index contributed by atoms with van der Waals surface area (Å²) in [4.78, 5) is 14.4. The van der Waals surface area contributed by atoms with E-state index in [4.69, 9.17) is 11.6 Å². The molecule has 0 aliphatic carbocycles. The van der Waals surface area contributed by atoms with Crippen molar-refractivity contribution < 1.29 is 5.11 Å². The van der Waals surface area contributed by atoms with Gasteiger partial charge in [-0.15, -0.1) is 0 Å². The zero-order valence-corrected chi connectivity index (χ0v) is 12.1. The van der Waals surface area contributed by atoms with Crippen LogP contribution in [-0.4, -0.2) is 33.1 Å². The number of para-hydroxylation sites is 2. The normalized spacial score (nSPS) is 10.3. The van der Waals surface area contributed by atoms with Crippen molar-refractivity contribution in [3.63, 3.8) is 0 Å². The molecule has 2 rings (SSSR count). The zero-order valence-electron chi connectivity index (χ0n) is 11.3. The number of aromatic hydroxyl groups is 1. The maximum Gasteiger partial charge on any atom is 0.233 e. The number of phenolic OH excluding ortho intramolecular Hbond substituents is 1. The van der Waals surface area contributed by atoms with Crippen LogP contribution in [0.3, 0.4) is 0 Å². The van der Waals surface area contributed by atoms with E-state index in [9.17, 15) is 5.11 Å². The molecule has 6 nitrogen and oxygen atoms in total. The van der Waals surface area contributed by atoms with Crippen molar-refractivity contribution in [1.29, 1.82) is 0 Å². The van der Waals surface area contributed by atoms with Crippen molar-refractivity contribution in [3.8, 4) is 5.75 Å². The summed E-state index contributed by atoms with van der Waals surface area (Å²) in [7, 11) is 0. The van der Waals surface area contributed by atoms with Gasteiger partial charge in [-0.1, -0.05) is 12.1 Å². The molecule has 2 aromatic rings. The van der Waals surface area contributed by atoms with Gasteiger partial charge in [-0.05, 0) is 37.6 Å². The Hall–Kier alpha value is -2.08. The Morgan fingerprint density at radius 1 is 1.15 bits per heavy atom. The molecule has 106 valence electrons. The summed E-state index contributed by atoms with van der Waals surface area (Å²) in [6.07, 6.45) is 0. The van der Waals surface area contributed by atoms with Crippen LogP contribution < -0.4 is 10.2 Å². The Labute approximate surface area is 122 Å². The summed E-state index contributed by atoms with van der Waals surface area (Å²) in [5.41, 5.74) is 0.514. The monoisotopic (exact) mass is 293 g/mol. The van der Waals surface area contributed by atoms with E-state index in [0.29, 0.717) is 17.6 Å². The summed E-state index contributed by atoms with van der Waals surface area (Å²) in [5, 5.41) is 12.8. The second-order valence-electron chi connectivity index (χ2n) is 4.04. The first-order chi connectivity index (χ1) is 9.63. The molecule has 0 spiro atoms. The third kappa shape index (κ3) is 3.27. The van der Waals surface area contributed by atoms with Crippen molar-refractivity contribution in [2.45, 2.75) is 13.8 Å². The molecule has 0 unspecified atom stereocenters. The molecule has 0 amide bonds. The van der Waals surface area contributed by atoms with Gasteiger partial charge in [0.1, 0.15) is 5.75 Å². The topological polar surface area (TPSA) is 74.2 Å². The van der Waals surface area contributed by atoms with E-state index >= 15 is 0 Å². The maximum absolute atomic E-state index is 9.73. The van der Waals surface area contributed by atoms with Crippen molar-refractivity contribution >= 4 is 29.2 Å². The van der Waals surface area contributed by atoms with E-state index in [1.807, 2.05) is 18.7 Å². The summed E-state index contributed by atoms with van der Waals surface area (Å²) in [6.45, 7) is 5.56. The minimum atomic E-state index is 0.111. The molecule has 0 aliphatic heterocycles. The van der Waals surface area contributed by atoms with Crippen LogP contribution in [0.25, 0.3) is 0 Å². The average Bonchev–Trinajstić information content (AvgIpc) is 2.42. The molecular weight excluding hydrogens is 278 g/mol. The van der Waals surface area contributed by atoms with Gasteiger partial charge < -0.3 is 15.3 Å². The first kappa shape index (κ1) is 14.3.